The molecule has 4 rings (SSSR count). The Labute approximate surface area is 235 Å². The molecule has 3 N–H and O–H groups in total. The molecule has 10 heteroatoms. The second-order valence-electron chi connectivity index (χ2n) is 8.74. The summed E-state index contributed by atoms with van der Waals surface area (Å²) in [6.07, 6.45) is 1.62. The van der Waals surface area contributed by atoms with E-state index in [4.69, 9.17) is 0 Å². The molecule has 0 radical (unpaired) electrons. The number of nitrogens with zero attached hydrogens (tertiary/aromatic N) is 1. The smallest absolute Gasteiger partial charge is 0.251 e. The van der Waals surface area contributed by atoms with Gasteiger partial charge in [-0.2, -0.15) is 0 Å². The normalized spacial score (nSPS) is 11.3. The molecule has 0 unspecified atom stereocenters. The number of nitrogens with one attached hydrogen (secondary N) is 3. The Morgan fingerprint density at radius 3 is 2.24 bits per heavy atom. The summed E-state index contributed by atoms with van der Waals surface area (Å²) < 4.78 is 41.5. The lowest BCUT2D eigenvalue weighted by Gasteiger charge is -2.16. The highest BCUT2D eigenvalue weighted by Crippen LogP contribution is 2.32. The van der Waals surface area contributed by atoms with E-state index in [1.807, 2.05) is 0 Å². The number of sulfone groups is 1. The van der Waals surface area contributed by atoms with Gasteiger partial charge in [-0.15, -0.1) is 0 Å². The molecule has 4 aromatic rings. The van der Waals surface area contributed by atoms with Crippen LogP contribution in [0.2, 0.25) is 0 Å². The zero-order valence-electron chi connectivity index (χ0n) is 20.9. The van der Waals surface area contributed by atoms with E-state index in [0.717, 1.165) is 9.13 Å². The number of hydrogen-bond donors (Lipinski definition) is 3. The average Bonchev–Trinajstić information content (AvgIpc) is 2.91. The molecule has 1 amide bonds. The van der Waals surface area contributed by atoms with Gasteiger partial charge in [0.2, 0.25) is 0 Å². The second kappa shape index (κ2) is 11.5. The van der Waals surface area contributed by atoms with Crippen molar-refractivity contribution < 1.29 is 17.6 Å². The van der Waals surface area contributed by atoms with Crippen LogP contribution in [0.3, 0.4) is 0 Å². The Morgan fingerprint density at radius 2 is 1.58 bits per heavy atom. The third-order valence-electron chi connectivity index (χ3n) is 5.88. The van der Waals surface area contributed by atoms with E-state index < -0.39 is 20.9 Å². The van der Waals surface area contributed by atoms with Gasteiger partial charge in [0.25, 0.3) is 5.91 Å². The lowest BCUT2D eigenvalue weighted by molar-refractivity contribution is 0.0963. The molecule has 0 aliphatic heterocycles. The SMILES string of the molecule is CNC(=O)c1ccc(-c2ccc(Nc3cc(Nc4ccccc4S(=O)(=O)C(C)C)c(I)cn3)c(F)c2)cc1. The molecular weight excluding hydrogens is 618 g/mol. The van der Waals surface area contributed by atoms with Crippen molar-refractivity contribution >= 4 is 61.2 Å². The van der Waals surface area contributed by atoms with E-state index in [2.05, 4.69) is 43.5 Å². The molecule has 0 atom stereocenters. The maximum atomic E-state index is 15.0. The maximum absolute atomic E-state index is 15.0. The first-order valence-electron chi connectivity index (χ1n) is 11.7. The number of aromatic nitrogens is 1. The third-order valence-corrected chi connectivity index (χ3v) is 8.95. The standard InChI is InChI=1S/C28H26FIN4O3S/c1-17(2)38(36,37)26-7-5-4-6-24(26)33-25-15-27(32-16-22(25)30)34-23-13-12-20(14-21(23)29)18-8-10-19(11-9-18)28(35)31-3/h4-17H,1-3H3,(H,31,35)(H2,32,33,34). The van der Waals surface area contributed by atoms with Crippen molar-refractivity contribution in [2.24, 2.45) is 0 Å². The minimum atomic E-state index is -3.51. The van der Waals surface area contributed by atoms with Crippen molar-refractivity contribution in [1.29, 1.82) is 0 Å². The predicted octanol–water partition coefficient (Wildman–Crippen LogP) is 6.52. The van der Waals surface area contributed by atoms with Gasteiger partial charge < -0.3 is 16.0 Å². The molecule has 0 bridgehead atoms. The lowest BCUT2D eigenvalue weighted by Crippen LogP contribution is -2.17. The van der Waals surface area contributed by atoms with Gasteiger partial charge in [0, 0.05) is 24.9 Å². The summed E-state index contributed by atoms with van der Waals surface area (Å²) >= 11 is 2.11. The molecule has 0 aliphatic rings. The highest BCUT2D eigenvalue weighted by atomic mass is 127. The van der Waals surface area contributed by atoms with Crippen LogP contribution in [0.4, 0.5) is 27.3 Å². The Hall–Kier alpha value is -3.51. The van der Waals surface area contributed by atoms with Crippen LogP contribution in [-0.4, -0.2) is 31.6 Å². The minimum Gasteiger partial charge on any atom is -0.355 e. The number of benzene rings is 3. The van der Waals surface area contributed by atoms with E-state index >= 15 is 4.39 Å². The molecule has 0 aliphatic carbocycles. The zero-order valence-corrected chi connectivity index (χ0v) is 23.9. The van der Waals surface area contributed by atoms with Crippen LogP contribution in [0.5, 0.6) is 0 Å². The molecule has 3 aromatic carbocycles. The van der Waals surface area contributed by atoms with Crippen LogP contribution in [0.25, 0.3) is 11.1 Å². The first-order valence-corrected chi connectivity index (χ1v) is 14.4. The van der Waals surface area contributed by atoms with Gasteiger partial charge in [0.05, 0.1) is 30.8 Å². The maximum Gasteiger partial charge on any atom is 0.251 e. The van der Waals surface area contributed by atoms with Gasteiger partial charge >= 0.3 is 0 Å². The molecule has 0 spiro atoms. The molecule has 0 saturated carbocycles. The summed E-state index contributed by atoms with van der Waals surface area (Å²) in [5.41, 5.74) is 3.28. The van der Waals surface area contributed by atoms with E-state index in [1.165, 1.54) is 6.07 Å². The van der Waals surface area contributed by atoms with Crippen molar-refractivity contribution in [1.82, 2.24) is 10.3 Å². The van der Waals surface area contributed by atoms with Gasteiger partial charge in [0.1, 0.15) is 11.6 Å². The predicted molar refractivity (Wildman–Crippen MR) is 158 cm³/mol. The fourth-order valence-corrected chi connectivity index (χ4v) is 5.34. The van der Waals surface area contributed by atoms with E-state index in [9.17, 15) is 13.2 Å². The van der Waals surface area contributed by atoms with Crippen molar-refractivity contribution in [2.75, 3.05) is 17.7 Å². The van der Waals surface area contributed by atoms with E-state index in [0.29, 0.717) is 28.3 Å². The Bertz CT molecular complexity index is 1590. The fraction of sp³-hybridized carbons (Fsp3) is 0.143. The zero-order chi connectivity index (χ0) is 27.4. The summed E-state index contributed by atoms with van der Waals surface area (Å²) in [4.78, 5) is 16.3. The lowest BCUT2D eigenvalue weighted by atomic mass is 10.0. The quantitative estimate of drug-likeness (QED) is 0.189. The van der Waals surface area contributed by atoms with Gasteiger partial charge in [0.15, 0.2) is 9.84 Å². The Morgan fingerprint density at radius 1 is 0.895 bits per heavy atom. The average molecular weight is 645 g/mol. The van der Waals surface area contributed by atoms with Crippen LogP contribution in [0.1, 0.15) is 24.2 Å². The first kappa shape index (κ1) is 27.5. The summed E-state index contributed by atoms with van der Waals surface area (Å²) in [6, 6.07) is 20.2. The number of halogens is 2. The molecule has 0 saturated heterocycles. The van der Waals surface area contributed by atoms with Crippen LogP contribution < -0.4 is 16.0 Å². The molecule has 196 valence electrons. The van der Waals surface area contributed by atoms with Gasteiger partial charge in [-0.3, -0.25) is 4.79 Å². The fourth-order valence-electron chi connectivity index (χ4n) is 3.71. The van der Waals surface area contributed by atoms with Gasteiger partial charge in [-0.05, 0) is 84.0 Å². The third kappa shape index (κ3) is 5.97. The van der Waals surface area contributed by atoms with E-state index in [1.54, 1.807) is 93.8 Å². The number of amides is 1. The molecular formula is C28H26FIN4O3S. The second-order valence-corrected chi connectivity index (χ2v) is 12.4. The monoisotopic (exact) mass is 644 g/mol. The molecule has 1 heterocycles. The van der Waals surface area contributed by atoms with Gasteiger partial charge in [-0.1, -0.05) is 30.3 Å². The highest BCUT2D eigenvalue weighted by Gasteiger charge is 2.23. The topological polar surface area (TPSA) is 100 Å². The number of anilines is 4. The summed E-state index contributed by atoms with van der Waals surface area (Å²) in [5, 5.41) is 8.20. The highest BCUT2D eigenvalue weighted by molar-refractivity contribution is 14.1. The number of carbonyl (C=O) groups is 1. The summed E-state index contributed by atoms with van der Waals surface area (Å²) in [6.45, 7) is 3.29. The van der Waals surface area contributed by atoms with Crippen LogP contribution in [-0.2, 0) is 9.84 Å². The number of pyridine rings is 1. The largest absolute Gasteiger partial charge is 0.355 e. The van der Waals surface area contributed by atoms with Crippen molar-refractivity contribution in [3.05, 3.63) is 93.9 Å². The molecule has 1 aromatic heterocycles. The van der Waals surface area contributed by atoms with Crippen LogP contribution in [0, 0.1) is 9.39 Å². The Kier molecular flexibility index (Phi) is 8.32. The van der Waals surface area contributed by atoms with Crippen molar-refractivity contribution in [3.63, 3.8) is 0 Å². The molecule has 0 fully saturated rings. The minimum absolute atomic E-state index is 0.189. The number of rotatable bonds is 8. The van der Waals surface area contributed by atoms with Crippen molar-refractivity contribution in [3.8, 4) is 11.1 Å². The Balaban J connectivity index is 1.57. The van der Waals surface area contributed by atoms with Crippen LogP contribution in [0.15, 0.2) is 83.9 Å². The van der Waals surface area contributed by atoms with Gasteiger partial charge in [-0.25, -0.2) is 17.8 Å². The van der Waals surface area contributed by atoms with Crippen LogP contribution >= 0.6 is 22.6 Å². The van der Waals surface area contributed by atoms with Crippen molar-refractivity contribution in [2.45, 2.75) is 24.0 Å². The summed E-state index contributed by atoms with van der Waals surface area (Å²) in [7, 11) is -1.94. The number of carbonyl (C=O) groups excluding carboxylic acids is 1. The van der Waals surface area contributed by atoms with E-state index in [-0.39, 0.29) is 16.5 Å². The number of para-hydroxylation sites is 1. The molecule has 7 nitrogen and oxygen atoms in total. The number of hydrogen-bond acceptors (Lipinski definition) is 6. The molecule has 38 heavy (non-hydrogen) atoms. The first-order chi connectivity index (χ1) is 18.1. The summed E-state index contributed by atoms with van der Waals surface area (Å²) in [5.74, 6) is -0.272.